The Morgan fingerprint density at radius 1 is 1.53 bits per heavy atom. The van der Waals surface area contributed by atoms with Gasteiger partial charge in [-0.1, -0.05) is 31.9 Å². The van der Waals surface area contributed by atoms with Crippen LogP contribution in [0.2, 0.25) is 0 Å². The van der Waals surface area contributed by atoms with Crippen LogP contribution in [0, 0.1) is 17.2 Å². The second kappa shape index (κ2) is 5.22. The zero-order chi connectivity index (χ0) is 14.1. The van der Waals surface area contributed by atoms with E-state index in [1.54, 1.807) is 19.1 Å². The van der Waals surface area contributed by atoms with E-state index in [9.17, 15) is 9.50 Å². The van der Waals surface area contributed by atoms with Crippen LogP contribution < -0.4 is 5.73 Å². The highest BCUT2D eigenvalue weighted by molar-refractivity contribution is 5.26. The third-order valence-corrected chi connectivity index (χ3v) is 4.90. The Morgan fingerprint density at radius 3 is 2.84 bits per heavy atom. The van der Waals surface area contributed by atoms with Gasteiger partial charge < -0.3 is 10.8 Å². The Hall–Kier alpha value is -0.930. The van der Waals surface area contributed by atoms with Crippen molar-refractivity contribution >= 4 is 0 Å². The molecule has 19 heavy (non-hydrogen) atoms. The maximum Gasteiger partial charge on any atom is 0.123 e. The molecule has 1 aromatic carbocycles. The molecule has 1 saturated carbocycles. The van der Waals surface area contributed by atoms with Crippen LogP contribution in [0.25, 0.3) is 0 Å². The molecule has 3 N–H and O–H groups in total. The third kappa shape index (κ3) is 2.54. The molecular formula is C16H24FNO. The number of rotatable bonds is 3. The van der Waals surface area contributed by atoms with Crippen molar-refractivity contribution < 1.29 is 9.50 Å². The van der Waals surface area contributed by atoms with Crippen LogP contribution in [-0.2, 0) is 5.60 Å². The first-order chi connectivity index (χ1) is 8.91. The number of hydrogen-bond donors (Lipinski definition) is 2. The normalized spacial score (nSPS) is 30.9. The summed E-state index contributed by atoms with van der Waals surface area (Å²) in [5.41, 5.74) is 5.21. The molecular weight excluding hydrogens is 241 g/mol. The van der Waals surface area contributed by atoms with Crippen molar-refractivity contribution in [1.29, 1.82) is 0 Å². The summed E-state index contributed by atoms with van der Waals surface area (Å²) >= 11 is 0. The van der Waals surface area contributed by atoms with Crippen molar-refractivity contribution in [3.05, 3.63) is 35.6 Å². The highest BCUT2D eigenvalue weighted by atomic mass is 19.1. The molecule has 0 aliphatic heterocycles. The summed E-state index contributed by atoms with van der Waals surface area (Å²) in [6, 6.07) is 6.27. The maximum absolute atomic E-state index is 13.4. The van der Waals surface area contributed by atoms with E-state index in [-0.39, 0.29) is 11.2 Å². The molecule has 0 amide bonds. The topological polar surface area (TPSA) is 46.2 Å². The molecule has 0 aromatic heterocycles. The molecule has 1 aliphatic carbocycles. The average Bonchev–Trinajstić information content (AvgIpc) is 2.38. The van der Waals surface area contributed by atoms with Crippen molar-refractivity contribution in [2.24, 2.45) is 17.1 Å². The predicted molar refractivity (Wildman–Crippen MR) is 75.1 cm³/mol. The lowest BCUT2D eigenvalue weighted by atomic mass is 9.59. The van der Waals surface area contributed by atoms with E-state index in [0.717, 1.165) is 19.3 Å². The summed E-state index contributed by atoms with van der Waals surface area (Å²) in [5, 5.41) is 11.1. The second-order valence-corrected chi connectivity index (χ2v) is 6.27. The van der Waals surface area contributed by atoms with E-state index >= 15 is 0 Å². The van der Waals surface area contributed by atoms with Crippen LogP contribution in [0.1, 0.15) is 45.1 Å². The van der Waals surface area contributed by atoms with Gasteiger partial charge >= 0.3 is 0 Å². The van der Waals surface area contributed by atoms with Crippen molar-refractivity contribution in [2.75, 3.05) is 6.54 Å². The highest BCUT2D eigenvalue weighted by Gasteiger charge is 2.48. The molecule has 1 fully saturated rings. The average molecular weight is 265 g/mol. The van der Waals surface area contributed by atoms with Crippen LogP contribution in [0.5, 0.6) is 0 Å². The fourth-order valence-electron chi connectivity index (χ4n) is 3.58. The Kier molecular flexibility index (Phi) is 3.98. The Balaban J connectivity index is 2.40. The Morgan fingerprint density at radius 2 is 2.26 bits per heavy atom. The molecule has 0 heterocycles. The largest absolute Gasteiger partial charge is 0.385 e. The minimum Gasteiger partial charge on any atom is -0.385 e. The van der Waals surface area contributed by atoms with E-state index in [2.05, 4.69) is 6.92 Å². The van der Waals surface area contributed by atoms with Crippen LogP contribution in [0.3, 0.4) is 0 Å². The smallest absolute Gasteiger partial charge is 0.123 e. The van der Waals surface area contributed by atoms with Gasteiger partial charge in [0.05, 0.1) is 5.60 Å². The molecule has 3 atom stereocenters. The van der Waals surface area contributed by atoms with Gasteiger partial charge in [0.1, 0.15) is 5.82 Å². The highest BCUT2D eigenvalue weighted by Crippen LogP contribution is 2.50. The third-order valence-electron chi connectivity index (χ3n) is 4.90. The van der Waals surface area contributed by atoms with E-state index in [1.807, 2.05) is 0 Å². The summed E-state index contributed by atoms with van der Waals surface area (Å²) in [6.45, 7) is 4.42. The lowest BCUT2D eigenvalue weighted by molar-refractivity contribution is -0.101. The minimum absolute atomic E-state index is 0.311. The number of aliphatic hydroxyl groups is 1. The van der Waals surface area contributed by atoms with Gasteiger partial charge in [0, 0.05) is 12.0 Å². The van der Waals surface area contributed by atoms with Gasteiger partial charge in [0.2, 0.25) is 0 Å². The van der Waals surface area contributed by atoms with Gasteiger partial charge in [-0.15, -0.1) is 0 Å². The van der Waals surface area contributed by atoms with E-state index in [0.29, 0.717) is 18.0 Å². The lowest BCUT2D eigenvalue weighted by Crippen LogP contribution is -2.51. The first-order valence-electron chi connectivity index (χ1n) is 7.10. The molecule has 2 rings (SSSR count). The molecule has 1 aromatic rings. The molecule has 106 valence electrons. The van der Waals surface area contributed by atoms with Crippen LogP contribution in [-0.4, -0.2) is 11.7 Å². The van der Waals surface area contributed by atoms with Gasteiger partial charge in [-0.2, -0.15) is 0 Å². The summed E-state index contributed by atoms with van der Waals surface area (Å²) in [5.74, 6) is 0.242. The molecule has 3 heteroatoms. The molecule has 0 bridgehead atoms. The zero-order valence-electron chi connectivity index (χ0n) is 11.8. The molecule has 0 spiro atoms. The van der Waals surface area contributed by atoms with E-state index in [4.69, 9.17) is 5.73 Å². The van der Waals surface area contributed by atoms with Gasteiger partial charge in [-0.25, -0.2) is 4.39 Å². The number of hydrogen-bond acceptors (Lipinski definition) is 2. The number of benzene rings is 1. The van der Waals surface area contributed by atoms with Gasteiger partial charge in [-0.3, -0.25) is 0 Å². The number of halogens is 1. The van der Waals surface area contributed by atoms with Crippen molar-refractivity contribution in [1.82, 2.24) is 0 Å². The van der Waals surface area contributed by atoms with Crippen molar-refractivity contribution in [2.45, 2.75) is 45.1 Å². The summed E-state index contributed by atoms with van der Waals surface area (Å²) in [4.78, 5) is 0. The summed E-state index contributed by atoms with van der Waals surface area (Å²) < 4.78 is 13.4. The van der Waals surface area contributed by atoms with Gasteiger partial charge in [0.15, 0.2) is 0 Å². The summed E-state index contributed by atoms with van der Waals surface area (Å²) in [7, 11) is 0. The molecule has 0 saturated heterocycles. The minimum atomic E-state index is -1.08. The summed E-state index contributed by atoms with van der Waals surface area (Å²) in [6.07, 6.45) is 4.05. The molecule has 1 aliphatic rings. The fourth-order valence-corrected chi connectivity index (χ4v) is 3.58. The van der Waals surface area contributed by atoms with Crippen LogP contribution in [0.15, 0.2) is 24.3 Å². The SMILES string of the molecule is CC1CCCC(CN)(C(C)(O)c2cccc(F)c2)C1. The zero-order valence-corrected chi connectivity index (χ0v) is 11.8. The van der Waals surface area contributed by atoms with Gasteiger partial charge in [-0.05, 0) is 43.4 Å². The lowest BCUT2D eigenvalue weighted by Gasteiger charge is -2.49. The van der Waals surface area contributed by atoms with E-state index < -0.39 is 5.60 Å². The van der Waals surface area contributed by atoms with Crippen LogP contribution in [0.4, 0.5) is 4.39 Å². The molecule has 0 radical (unpaired) electrons. The van der Waals surface area contributed by atoms with E-state index in [1.165, 1.54) is 18.6 Å². The molecule has 3 unspecified atom stereocenters. The second-order valence-electron chi connectivity index (χ2n) is 6.27. The molecule has 2 nitrogen and oxygen atoms in total. The van der Waals surface area contributed by atoms with Gasteiger partial charge in [0.25, 0.3) is 0 Å². The van der Waals surface area contributed by atoms with Crippen molar-refractivity contribution in [3.8, 4) is 0 Å². The maximum atomic E-state index is 13.4. The standard InChI is InChI=1S/C16H24FNO/c1-12-5-4-8-16(10-12,11-18)15(2,19)13-6-3-7-14(17)9-13/h3,6-7,9,12,19H,4-5,8,10-11,18H2,1-2H3. The predicted octanol–water partition coefficient (Wildman–Crippen LogP) is 3.19. The Bertz CT molecular complexity index is 446. The quantitative estimate of drug-likeness (QED) is 0.881. The first-order valence-corrected chi connectivity index (χ1v) is 7.10. The van der Waals surface area contributed by atoms with Crippen molar-refractivity contribution in [3.63, 3.8) is 0 Å². The van der Waals surface area contributed by atoms with Crippen LogP contribution >= 0.6 is 0 Å². The first kappa shape index (κ1) is 14.5. The fraction of sp³-hybridized carbons (Fsp3) is 0.625. The monoisotopic (exact) mass is 265 g/mol. The Labute approximate surface area is 114 Å². The number of nitrogens with two attached hydrogens (primary N) is 1.